The van der Waals surface area contributed by atoms with Crippen molar-refractivity contribution in [1.29, 1.82) is 0 Å². The number of primary amides is 1. The van der Waals surface area contributed by atoms with Gasteiger partial charge in [0.25, 0.3) is 5.56 Å². The maximum absolute atomic E-state index is 12.9. The van der Waals surface area contributed by atoms with E-state index in [0.717, 1.165) is 9.47 Å². The van der Waals surface area contributed by atoms with Gasteiger partial charge in [0.05, 0.1) is 11.8 Å². The summed E-state index contributed by atoms with van der Waals surface area (Å²) >= 11 is 0. The Balaban J connectivity index is 2.14. The molecular formula is C14H16F3N3O3. The molecule has 0 spiro atoms. The predicted octanol–water partition coefficient (Wildman–Crippen LogP) is 0.279. The van der Waals surface area contributed by atoms with E-state index in [4.69, 9.17) is 5.73 Å². The highest BCUT2D eigenvalue weighted by Crippen LogP contribution is 2.37. The van der Waals surface area contributed by atoms with Crippen LogP contribution < -0.4 is 11.3 Å². The minimum Gasteiger partial charge on any atom is -0.369 e. The minimum absolute atomic E-state index is 0.380. The molecule has 1 aromatic rings. The smallest absolute Gasteiger partial charge is 0.369 e. The van der Waals surface area contributed by atoms with E-state index in [0.29, 0.717) is 5.56 Å². The standard InChI is InChI=1S/C14H16F3N3O3/c1-8-2-3-19(11(21)4-8)7-12(22)20-5-9(13(18)23)10(6-20)14(15,16)17/h2-4,9-10H,5-7H2,1H3,(H2,18,23)/t9-,10-/m1/s1. The second-order valence-corrected chi connectivity index (χ2v) is 5.63. The molecule has 0 bridgehead atoms. The average molecular weight is 331 g/mol. The zero-order valence-corrected chi connectivity index (χ0v) is 12.3. The molecule has 6 nitrogen and oxygen atoms in total. The fourth-order valence-corrected chi connectivity index (χ4v) is 2.61. The second-order valence-electron chi connectivity index (χ2n) is 5.63. The van der Waals surface area contributed by atoms with E-state index < -0.39 is 41.9 Å². The van der Waals surface area contributed by atoms with Crippen LogP contribution in [0.25, 0.3) is 0 Å². The van der Waals surface area contributed by atoms with Crippen LogP contribution in [-0.2, 0) is 16.1 Å². The van der Waals surface area contributed by atoms with Crippen molar-refractivity contribution < 1.29 is 22.8 Å². The number of nitrogens with two attached hydrogens (primary N) is 1. The molecule has 0 saturated carbocycles. The number of likely N-dealkylation sites (tertiary alicyclic amines) is 1. The summed E-state index contributed by atoms with van der Waals surface area (Å²) in [5.74, 6) is -5.18. The Labute approximate surface area is 129 Å². The van der Waals surface area contributed by atoms with E-state index in [1.165, 1.54) is 12.3 Å². The highest BCUT2D eigenvalue weighted by atomic mass is 19.4. The third kappa shape index (κ3) is 3.72. The molecule has 1 saturated heterocycles. The fraction of sp³-hybridized carbons (Fsp3) is 0.500. The molecule has 1 aliphatic rings. The van der Waals surface area contributed by atoms with Crippen LogP contribution in [0, 0.1) is 18.8 Å². The Bertz CT molecular complexity index is 684. The van der Waals surface area contributed by atoms with Gasteiger partial charge in [-0.2, -0.15) is 13.2 Å². The lowest BCUT2D eigenvalue weighted by molar-refractivity contribution is -0.182. The SMILES string of the molecule is Cc1ccn(CC(=O)N2C[C@@H](C(F)(F)F)[C@H](C(N)=O)C2)c(=O)c1. The van der Waals surface area contributed by atoms with E-state index in [1.54, 1.807) is 13.0 Å². The summed E-state index contributed by atoms with van der Waals surface area (Å²) in [6.45, 7) is 0.310. The van der Waals surface area contributed by atoms with Crippen molar-refractivity contribution in [3.05, 3.63) is 34.2 Å². The average Bonchev–Trinajstić information content (AvgIpc) is 2.87. The third-order valence-corrected chi connectivity index (χ3v) is 3.92. The van der Waals surface area contributed by atoms with Gasteiger partial charge in [-0.15, -0.1) is 0 Å². The molecule has 126 valence electrons. The molecule has 2 atom stereocenters. The lowest BCUT2D eigenvalue weighted by atomic mass is 9.95. The van der Waals surface area contributed by atoms with E-state index in [2.05, 4.69) is 0 Å². The number of aromatic nitrogens is 1. The molecule has 2 heterocycles. The molecular weight excluding hydrogens is 315 g/mol. The van der Waals surface area contributed by atoms with E-state index >= 15 is 0 Å². The van der Waals surface area contributed by atoms with Gasteiger partial charge in [0.15, 0.2) is 0 Å². The van der Waals surface area contributed by atoms with E-state index in [9.17, 15) is 27.6 Å². The van der Waals surface area contributed by atoms with Gasteiger partial charge in [-0.3, -0.25) is 14.4 Å². The number of amides is 2. The molecule has 1 fully saturated rings. The first-order valence-corrected chi connectivity index (χ1v) is 6.90. The van der Waals surface area contributed by atoms with E-state index in [1.807, 2.05) is 0 Å². The van der Waals surface area contributed by atoms with Crippen LogP contribution in [0.1, 0.15) is 5.56 Å². The van der Waals surface area contributed by atoms with Crippen molar-refractivity contribution in [3.8, 4) is 0 Å². The first-order valence-electron chi connectivity index (χ1n) is 6.90. The van der Waals surface area contributed by atoms with Gasteiger partial charge in [0.1, 0.15) is 6.54 Å². The molecule has 0 aliphatic carbocycles. The molecule has 0 unspecified atom stereocenters. The second kappa shape index (κ2) is 6.05. The van der Waals surface area contributed by atoms with Gasteiger partial charge in [0.2, 0.25) is 11.8 Å². The number of nitrogens with zero attached hydrogens (tertiary/aromatic N) is 2. The third-order valence-electron chi connectivity index (χ3n) is 3.92. The molecule has 23 heavy (non-hydrogen) atoms. The van der Waals surface area contributed by atoms with Gasteiger partial charge in [-0.25, -0.2) is 0 Å². The van der Waals surface area contributed by atoms with Crippen LogP contribution in [0.2, 0.25) is 0 Å². The number of halogens is 3. The highest BCUT2D eigenvalue weighted by molar-refractivity contribution is 5.81. The van der Waals surface area contributed by atoms with Gasteiger partial charge in [-0.1, -0.05) is 0 Å². The van der Waals surface area contributed by atoms with Crippen molar-refractivity contribution in [1.82, 2.24) is 9.47 Å². The Morgan fingerprint density at radius 3 is 2.48 bits per heavy atom. The Morgan fingerprint density at radius 2 is 2.00 bits per heavy atom. The number of carbonyl (C=O) groups is 2. The first-order chi connectivity index (χ1) is 10.6. The fourth-order valence-electron chi connectivity index (χ4n) is 2.61. The number of carbonyl (C=O) groups excluding carboxylic acids is 2. The lowest BCUT2D eigenvalue weighted by Crippen LogP contribution is -2.37. The zero-order valence-electron chi connectivity index (χ0n) is 12.3. The van der Waals surface area contributed by atoms with Crippen molar-refractivity contribution >= 4 is 11.8 Å². The molecule has 1 aliphatic heterocycles. The van der Waals surface area contributed by atoms with Crippen LogP contribution in [0.5, 0.6) is 0 Å². The number of pyridine rings is 1. The highest BCUT2D eigenvalue weighted by Gasteiger charge is 2.52. The number of rotatable bonds is 3. The van der Waals surface area contributed by atoms with Crippen LogP contribution >= 0.6 is 0 Å². The molecule has 1 aromatic heterocycles. The number of alkyl halides is 3. The van der Waals surface area contributed by atoms with Crippen molar-refractivity contribution in [2.24, 2.45) is 17.6 Å². The summed E-state index contributed by atoms with van der Waals surface area (Å²) in [6, 6.07) is 2.94. The van der Waals surface area contributed by atoms with Crippen LogP contribution in [0.3, 0.4) is 0 Å². The molecule has 2 N–H and O–H groups in total. The first kappa shape index (κ1) is 17.0. The Hall–Kier alpha value is -2.32. The monoisotopic (exact) mass is 331 g/mol. The molecule has 0 aromatic carbocycles. The molecule has 2 amide bonds. The maximum Gasteiger partial charge on any atom is 0.394 e. The lowest BCUT2D eigenvalue weighted by Gasteiger charge is -2.19. The summed E-state index contributed by atoms with van der Waals surface area (Å²) in [5.41, 5.74) is 5.30. The normalized spacial score (nSPS) is 21.5. The topological polar surface area (TPSA) is 85.4 Å². The molecule has 9 heteroatoms. The van der Waals surface area contributed by atoms with Gasteiger partial charge < -0.3 is 15.2 Å². The Morgan fingerprint density at radius 1 is 1.35 bits per heavy atom. The van der Waals surface area contributed by atoms with Gasteiger partial charge in [0, 0.05) is 25.4 Å². The van der Waals surface area contributed by atoms with Crippen LogP contribution in [0.15, 0.2) is 23.1 Å². The molecule has 2 rings (SSSR count). The Kier molecular flexibility index (Phi) is 4.49. The van der Waals surface area contributed by atoms with Crippen molar-refractivity contribution in [3.63, 3.8) is 0 Å². The van der Waals surface area contributed by atoms with Crippen molar-refractivity contribution in [2.45, 2.75) is 19.6 Å². The summed E-state index contributed by atoms with van der Waals surface area (Å²) in [6.07, 6.45) is -3.21. The van der Waals surface area contributed by atoms with Gasteiger partial charge in [-0.05, 0) is 18.6 Å². The number of hydrogen-bond acceptors (Lipinski definition) is 3. The summed E-state index contributed by atoms with van der Waals surface area (Å²) in [4.78, 5) is 36.0. The summed E-state index contributed by atoms with van der Waals surface area (Å²) in [5, 5.41) is 0. The largest absolute Gasteiger partial charge is 0.394 e. The van der Waals surface area contributed by atoms with Crippen molar-refractivity contribution in [2.75, 3.05) is 13.1 Å². The predicted molar refractivity (Wildman–Crippen MR) is 74.2 cm³/mol. The summed E-state index contributed by atoms with van der Waals surface area (Å²) < 4.78 is 39.9. The quantitative estimate of drug-likeness (QED) is 0.863. The number of aryl methyl sites for hydroxylation is 1. The van der Waals surface area contributed by atoms with E-state index in [-0.39, 0.29) is 13.1 Å². The maximum atomic E-state index is 12.9. The van der Waals surface area contributed by atoms with Crippen LogP contribution in [-0.4, -0.2) is 40.5 Å². The summed E-state index contributed by atoms with van der Waals surface area (Å²) in [7, 11) is 0. The number of hydrogen-bond donors (Lipinski definition) is 1. The van der Waals surface area contributed by atoms with Gasteiger partial charge >= 0.3 is 6.18 Å². The zero-order chi connectivity index (χ0) is 17.4. The molecule has 0 radical (unpaired) electrons. The minimum atomic E-state index is -4.62. The van der Waals surface area contributed by atoms with Crippen LogP contribution in [0.4, 0.5) is 13.2 Å².